The number of amides is 1. The predicted molar refractivity (Wildman–Crippen MR) is 109 cm³/mol. The van der Waals surface area contributed by atoms with Gasteiger partial charge in [-0.3, -0.25) is 9.69 Å². The molecule has 2 aromatic carbocycles. The van der Waals surface area contributed by atoms with Crippen molar-refractivity contribution in [1.82, 2.24) is 4.90 Å². The zero-order valence-corrected chi connectivity index (χ0v) is 16.0. The maximum Gasteiger partial charge on any atom is 0.266 e. The molecule has 0 unspecified atom stereocenters. The molecule has 2 aromatic rings. The van der Waals surface area contributed by atoms with Crippen molar-refractivity contribution in [3.63, 3.8) is 0 Å². The van der Waals surface area contributed by atoms with E-state index in [4.69, 9.17) is 4.74 Å². The first-order valence-electron chi connectivity index (χ1n) is 8.62. The summed E-state index contributed by atoms with van der Waals surface area (Å²) in [6.07, 6.45) is 2.87. The summed E-state index contributed by atoms with van der Waals surface area (Å²) in [7, 11) is 1.75. The molecule has 0 aromatic heterocycles. The van der Waals surface area contributed by atoms with Crippen LogP contribution < -0.4 is 4.74 Å². The molecule has 1 aliphatic heterocycles. The van der Waals surface area contributed by atoms with Crippen molar-refractivity contribution in [2.45, 2.75) is 20.3 Å². The minimum absolute atomic E-state index is 0.0350. The van der Waals surface area contributed by atoms with Crippen molar-refractivity contribution in [2.75, 3.05) is 13.7 Å². The highest BCUT2D eigenvalue weighted by Gasteiger charge is 2.30. The molecule has 0 spiro atoms. The molecule has 0 N–H and O–H groups in total. The number of ether oxygens (including phenoxy) is 1. The summed E-state index contributed by atoms with van der Waals surface area (Å²) in [6, 6.07) is 15.7. The second-order valence-electron chi connectivity index (χ2n) is 6.12. The van der Waals surface area contributed by atoms with Crippen LogP contribution in [0.3, 0.4) is 0 Å². The molecule has 1 heterocycles. The predicted octanol–water partition coefficient (Wildman–Crippen LogP) is 5.02. The van der Waals surface area contributed by atoms with Gasteiger partial charge in [0.25, 0.3) is 5.91 Å². The summed E-state index contributed by atoms with van der Waals surface area (Å²) >= 11 is 1.40. The minimum atomic E-state index is -0.0350. The van der Waals surface area contributed by atoms with Crippen LogP contribution >= 0.6 is 11.8 Å². The number of nitrogens with zero attached hydrogens (tertiary/aromatic N) is 2. The lowest BCUT2D eigenvalue weighted by Gasteiger charge is -2.07. The SMILES string of the molecule is CCCOc1ccc(/C=C2\SC(=Nc3ccc(C)cc3)N(C)C2=O)cc1. The van der Waals surface area contributed by atoms with Gasteiger partial charge in [0.2, 0.25) is 0 Å². The molecule has 1 amide bonds. The number of likely N-dealkylation sites (N-methyl/N-ethyl adjacent to an activating group) is 1. The smallest absolute Gasteiger partial charge is 0.266 e. The van der Waals surface area contributed by atoms with Crippen LogP contribution in [0, 0.1) is 6.92 Å². The molecule has 0 bridgehead atoms. The van der Waals surface area contributed by atoms with Crippen molar-refractivity contribution in [3.05, 3.63) is 64.6 Å². The van der Waals surface area contributed by atoms with Crippen LogP contribution in [0.15, 0.2) is 58.4 Å². The average Bonchev–Trinajstić information content (AvgIpc) is 2.91. The van der Waals surface area contributed by atoms with Gasteiger partial charge in [-0.05, 0) is 61.0 Å². The van der Waals surface area contributed by atoms with Crippen molar-refractivity contribution < 1.29 is 9.53 Å². The molecule has 1 fully saturated rings. The van der Waals surface area contributed by atoms with Crippen LogP contribution in [0.5, 0.6) is 5.75 Å². The number of hydrogen-bond donors (Lipinski definition) is 0. The Morgan fingerprint density at radius 3 is 2.46 bits per heavy atom. The summed E-state index contributed by atoms with van der Waals surface area (Å²) in [5, 5.41) is 0.688. The Hall–Kier alpha value is -2.53. The number of aliphatic imine (C=N–C) groups is 1. The molecule has 26 heavy (non-hydrogen) atoms. The third kappa shape index (κ3) is 4.35. The standard InChI is InChI=1S/C21H22N2O2S/c1-4-13-25-18-11-7-16(8-12-18)14-19-20(24)23(3)21(26-19)22-17-9-5-15(2)6-10-17/h5-12,14H,4,13H2,1-3H3/b19-14-,22-21?. The topological polar surface area (TPSA) is 41.9 Å². The minimum Gasteiger partial charge on any atom is -0.494 e. The fourth-order valence-electron chi connectivity index (χ4n) is 2.41. The summed E-state index contributed by atoms with van der Waals surface area (Å²) in [4.78, 5) is 19.4. The van der Waals surface area contributed by atoms with Crippen LogP contribution in [-0.2, 0) is 4.79 Å². The molecule has 134 valence electrons. The molecule has 5 heteroatoms. The first-order chi connectivity index (χ1) is 12.6. The lowest BCUT2D eigenvalue weighted by molar-refractivity contribution is -0.121. The molecule has 1 saturated heterocycles. The summed E-state index contributed by atoms with van der Waals surface area (Å²) in [5.74, 6) is 0.810. The van der Waals surface area contributed by atoms with Gasteiger partial charge in [-0.2, -0.15) is 0 Å². The summed E-state index contributed by atoms with van der Waals surface area (Å²) < 4.78 is 5.59. The Balaban J connectivity index is 1.77. The fourth-order valence-corrected chi connectivity index (χ4v) is 3.40. The number of hydrogen-bond acceptors (Lipinski definition) is 4. The number of aryl methyl sites for hydroxylation is 1. The molecule has 4 nitrogen and oxygen atoms in total. The van der Waals surface area contributed by atoms with E-state index in [2.05, 4.69) is 11.9 Å². The second kappa shape index (κ2) is 8.23. The number of thioether (sulfide) groups is 1. The molecular formula is C21H22N2O2S. The Labute approximate surface area is 158 Å². The molecule has 0 aliphatic carbocycles. The number of benzene rings is 2. The van der Waals surface area contributed by atoms with E-state index in [9.17, 15) is 4.79 Å². The second-order valence-corrected chi connectivity index (χ2v) is 7.13. The average molecular weight is 366 g/mol. The van der Waals surface area contributed by atoms with Crippen LogP contribution in [0.1, 0.15) is 24.5 Å². The van der Waals surface area contributed by atoms with Gasteiger partial charge in [-0.15, -0.1) is 0 Å². The quantitative estimate of drug-likeness (QED) is 0.698. The highest BCUT2D eigenvalue weighted by molar-refractivity contribution is 8.18. The Kier molecular flexibility index (Phi) is 5.78. The van der Waals surface area contributed by atoms with E-state index in [0.717, 1.165) is 23.4 Å². The van der Waals surface area contributed by atoms with Crippen LogP contribution in [-0.4, -0.2) is 29.6 Å². The Morgan fingerprint density at radius 2 is 1.81 bits per heavy atom. The molecule has 1 aliphatic rings. The van der Waals surface area contributed by atoms with E-state index in [1.54, 1.807) is 11.9 Å². The number of carbonyl (C=O) groups excluding carboxylic acids is 1. The third-order valence-corrected chi connectivity index (χ3v) is 4.97. The fraction of sp³-hybridized carbons (Fsp3) is 0.238. The maximum absolute atomic E-state index is 12.5. The van der Waals surface area contributed by atoms with Crippen LogP contribution in [0.2, 0.25) is 0 Å². The van der Waals surface area contributed by atoms with Crippen molar-refractivity contribution in [1.29, 1.82) is 0 Å². The zero-order chi connectivity index (χ0) is 18.5. The van der Waals surface area contributed by atoms with Crippen molar-refractivity contribution in [3.8, 4) is 5.75 Å². The zero-order valence-electron chi connectivity index (χ0n) is 15.2. The molecule has 0 saturated carbocycles. The summed E-state index contributed by atoms with van der Waals surface area (Å²) in [5.41, 5.74) is 3.00. The molecular weight excluding hydrogens is 344 g/mol. The molecule has 0 atom stereocenters. The van der Waals surface area contributed by atoms with Gasteiger partial charge in [0.1, 0.15) is 5.75 Å². The van der Waals surface area contributed by atoms with Gasteiger partial charge in [-0.25, -0.2) is 4.99 Å². The van der Waals surface area contributed by atoms with Crippen LogP contribution in [0.4, 0.5) is 5.69 Å². The van der Waals surface area contributed by atoms with Gasteiger partial charge >= 0.3 is 0 Å². The maximum atomic E-state index is 12.5. The highest BCUT2D eigenvalue weighted by Crippen LogP contribution is 2.33. The largest absolute Gasteiger partial charge is 0.494 e. The van der Waals surface area contributed by atoms with Gasteiger partial charge < -0.3 is 4.74 Å². The van der Waals surface area contributed by atoms with Crippen molar-refractivity contribution >= 4 is 34.6 Å². The van der Waals surface area contributed by atoms with Gasteiger partial charge in [0, 0.05) is 7.05 Å². The van der Waals surface area contributed by atoms with E-state index < -0.39 is 0 Å². The van der Waals surface area contributed by atoms with E-state index in [0.29, 0.717) is 16.7 Å². The number of carbonyl (C=O) groups is 1. The monoisotopic (exact) mass is 366 g/mol. The first kappa shape index (κ1) is 18.3. The molecule has 3 rings (SSSR count). The van der Waals surface area contributed by atoms with E-state index >= 15 is 0 Å². The highest BCUT2D eigenvalue weighted by atomic mass is 32.2. The normalized spacial score (nSPS) is 17.3. The third-order valence-electron chi connectivity index (χ3n) is 3.91. The van der Waals surface area contributed by atoms with Crippen molar-refractivity contribution in [2.24, 2.45) is 4.99 Å². The lowest BCUT2D eigenvalue weighted by Crippen LogP contribution is -2.23. The van der Waals surface area contributed by atoms with E-state index in [1.165, 1.54) is 17.3 Å². The molecule has 0 radical (unpaired) electrons. The van der Waals surface area contributed by atoms with Gasteiger partial charge in [-0.1, -0.05) is 36.8 Å². The van der Waals surface area contributed by atoms with E-state index in [-0.39, 0.29) is 5.91 Å². The van der Waals surface area contributed by atoms with Gasteiger partial charge in [0.15, 0.2) is 5.17 Å². The summed E-state index contributed by atoms with van der Waals surface area (Å²) in [6.45, 7) is 4.82. The Morgan fingerprint density at radius 1 is 1.12 bits per heavy atom. The number of rotatable bonds is 5. The van der Waals surface area contributed by atoms with E-state index in [1.807, 2.05) is 61.5 Å². The van der Waals surface area contributed by atoms with Crippen LogP contribution in [0.25, 0.3) is 6.08 Å². The lowest BCUT2D eigenvalue weighted by atomic mass is 10.2. The number of amidine groups is 1. The van der Waals surface area contributed by atoms with Gasteiger partial charge in [0.05, 0.1) is 17.2 Å². The Bertz CT molecular complexity index is 839. The first-order valence-corrected chi connectivity index (χ1v) is 9.44.